The predicted octanol–water partition coefficient (Wildman–Crippen LogP) is 9.73. The Morgan fingerprint density at radius 2 is 1.27 bits per heavy atom. The van der Waals surface area contributed by atoms with E-state index in [0.717, 1.165) is 59.3 Å². The molecule has 276 valence electrons. The van der Waals surface area contributed by atoms with E-state index in [1.54, 1.807) is 11.0 Å². The van der Waals surface area contributed by atoms with Gasteiger partial charge in [0, 0.05) is 42.8 Å². The molecule has 0 aliphatic carbocycles. The van der Waals surface area contributed by atoms with E-state index >= 15 is 4.39 Å². The molecule has 1 aliphatic rings. The summed E-state index contributed by atoms with van der Waals surface area (Å²) in [6.45, 7) is 6.13. The third-order valence-electron chi connectivity index (χ3n) is 11.1. The molecule has 0 unspecified atom stereocenters. The van der Waals surface area contributed by atoms with Crippen LogP contribution in [0.4, 0.5) is 8.78 Å². The number of nitrogens with zero attached hydrogens (tertiary/aromatic N) is 5. The van der Waals surface area contributed by atoms with Gasteiger partial charge in [-0.25, -0.2) is 13.5 Å². The van der Waals surface area contributed by atoms with E-state index in [0.29, 0.717) is 22.7 Å². The lowest BCUT2D eigenvalue weighted by Gasteiger charge is -2.40. The maximum absolute atomic E-state index is 15.7. The molecule has 2 heterocycles. The van der Waals surface area contributed by atoms with Crippen LogP contribution in [-0.4, -0.2) is 55.9 Å². The first-order chi connectivity index (χ1) is 26.8. The molecule has 8 rings (SSSR count). The van der Waals surface area contributed by atoms with Crippen molar-refractivity contribution in [2.75, 3.05) is 13.1 Å². The van der Waals surface area contributed by atoms with Gasteiger partial charge in [-0.2, -0.15) is 0 Å². The van der Waals surface area contributed by atoms with Crippen molar-refractivity contribution >= 4 is 16.9 Å². The summed E-state index contributed by atoms with van der Waals surface area (Å²) in [6.07, 6.45) is 1.55. The maximum atomic E-state index is 15.7. The number of rotatable bonds is 10. The fraction of sp³-hybridized carbons (Fsp3) is 0.213. The average Bonchev–Trinajstić information content (AvgIpc) is 3.66. The summed E-state index contributed by atoms with van der Waals surface area (Å²) >= 11 is 0. The van der Waals surface area contributed by atoms with Crippen LogP contribution in [-0.2, 0) is 12.1 Å². The van der Waals surface area contributed by atoms with Gasteiger partial charge < -0.3 is 9.80 Å². The minimum atomic E-state index is -0.824. The van der Waals surface area contributed by atoms with E-state index in [4.69, 9.17) is 10.3 Å². The maximum Gasteiger partial charge on any atom is 0.254 e. The van der Waals surface area contributed by atoms with Crippen molar-refractivity contribution in [2.45, 2.75) is 50.9 Å². The molecule has 6 nitrogen and oxygen atoms in total. The Labute approximate surface area is 320 Å². The molecule has 6 aromatic carbocycles. The van der Waals surface area contributed by atoms with E-state index in [2.05, 4.69) is 55.1 Å². The predicted molar refractivity (Wildman–Crippen MR) is 214 cm³/mol. The molecular formula is C47H43F2N5O. The lowest BCUT2D eigenvalue weighted by molar-refractivity contribution is 0.0517. The zero-order valence-corrected chi connectivity index (χ0v) is 31.0. The van der Waals surface area contributed by atoms with Crippen molar-refractivity contribution in [3.05, 3.63) is 191 Å². The van der Waals surface area contributed by atoms with Crippen LogP contribution in [0.15, 0.2) is 152 Å². The summed E-state index contributed by atoms with van der Waals surface area (Å²) in [6, 6.07) is 48.1. The topological polar surface area (TPSA) is 54.3 Å². The first kappa shape index (κ1) is 36.0. The number of fused-ring (bicyclic) bond motifs is 1. The van der Waals surface area contributed by atoms with Crippen molar-refractivity contribution in [2.24, 2.45) is 0 Å². The highest BCUT2D eigenvalue weighted by atomic mass is 19.1. The Bertz CT molecular complexity index is 2290. The Balaban J connectivity index is 1.18. The van der Waals surface area contributed by atoms with Crippen molar-refractivity contribution in [3.63, 3.8) is 0 Å². The van der Waals surface area contributed by atoms with Crippen LogP contribution in [0.2, 0.25) is 0 Å². The van der Waals surface area contributed by atoms with Crippen LogP contribution in [0.1, 0.15) is 59.3 Å². The van der Waals surface area contributed by atoms with Crippen LogP contribution >= 0.6 is 0 Å². The number of piperidine rings is 1. The van der Waals surface area contributed by atoms with Crippen LogP contribution in [0.3, 0.4) is 0 Å². The van der Waals surface area contributed by atoms with Gasteiger partial charge in [-0.3, -0.25) is 4.79 Å². The molecule has 0 radical (unpaired) electrons. The molecule has 1 saturated heterocycles. The van der Waals surface area contributed by atoms with Crippen LogP contribution in [0.25, 0.3) is 22.2 Å². The molecule has 1 fully saturated rings. The highest BCUT2D eigenvalue weighted by Gasteiger charge is 2.40. The van der Waals surface area contributed by atoms with Gasteiger partial charge in [0.05, 0.1) is 5.52 Å². The summed E-state index contributed by atoms with van der Waals surface area (Å²) in [7, 11) is 0. The standard InChI is InChI=1S/C47H43F2N5O/c1-33(2)52-28-26-42(27-29-52)53(46(55)34-18-22-41(48)23-19-34)32-37-30-35(20-24-43(37)49)36-21-25-45-44(31-36)50-51-54(45)47(38-12-6-3-7-13-38,39-14-8-4-9-15-39)40-16-10-5-11-17-40/h3-25,30-31,33,42H,26-29,32H2,1-2H3. The van der Waals surface area contributed by atoms with Gasteiger partial charge >= 0.3 is 0 Å². The van der Waals surface area contributed by atoms with Gasteiger partial charge in [0.2, 0.25) is 0 Å². The highest BCUT2D eigenvalue weighted by molar-refractivity contribution is 5.94. The number of likely N-dealkylation sites (tertiary alicyclic amines) is 1. The van der Waals surface area contributed by atoms with Gasteiger partial charge in [0.15, 0.2) is 0 Å². The van der Waals surface area contributed by atoms with E-state index in [9.17, 15) is 9.18 Å². The normalized spacial score (nSPS) is 14.1. The fourth-order valence-electron chi connectivity index (χ4n) is 8.15. The Kier molecular flexibility index (Phi) is 10.1. The number of amides is 1. The number of halogens is 2. The number of benzene rings is 6. The second kappa shape index (κ2) is 15.4. The van der Waals surface area contributed by atoms with Gasteiger partial charge in [-0.1, -0.05) is 108 Å². The van der Waals surface area contributed by atoms with E-state index < -0.39 is 11.4 Å². The quantitative estimate of drug-likeness (QED) is 0.132. The van der Waals surface area contributed by atoms with Crippen LogP contribution < -0.4 is 0 Å². The molecule has 1 aromatic heterocycles. The molecule has 0 spiro atoms. The lowest BCUT2D eigenvalue weighted by atomic mass is 9.77. The fourth-order valence-corrected chi connectivity index (χ4v) is 8.15. The molecule has 1 aliphatic heterocycles. The van der Waals surface area contributed by atoms with Gasteiger partial charge in [-0.05, 0) is 103 Å². The molecule has 0 saturated carbocycles. The average molecular weight is 732 g/mol. The van der Waals surface area contributed by atoms with E-state index in [-0.39, 0.29) is 24.3 Å². The van der Waals surface area contributed by atoms with E-state index in [1.807, 2.05) is 83.5 Å². The molecule has 0 bridgehead atoms. The van der Waals surface area contributed by atoms with Gasteiger partial charge in [0.1, 0.15) is 22.7 Å². The molecule has 7 aromatic rings. The lowest BCUT2D eigenvalue weighted by Crippen LogP contribution is -2.48. The first-order valence-electron chi connectivity index (χ1n) is 18.9. The van der Waals surface area contributed by atoms with E-state index in [1.165, 1.54) is 30.3 Å². The zero-order chi connectivity index (χ0) is 37.9. The summed E-state index contributed by atoms with van der Waals surface area (Å²) < 4.78 is 31.6. The third-order valence-corrected chi connectivity index (χ3v) is 11.1. The minimum absolute atomic E-state index is 0.0823. The van der Waals surface area contributed by atoms with Crippen molar-refractivity contribution in [1.82, 2.24) is 24.8 Å². The summed E-state index contributed by atoms with van der Waals surface area (Å²) in [5.41, 5.74) is 6.30. The van der Waals surface area contributed by atoms with Crippen LogP contribution in [0.5, 0.6) is 0 Å². The Hall–Kier alpha value is -5.99. The van der Waals surface area contributed by atoms with Crippen LogP contribution in [0, 0.1) is 11.6 Å². The largest absolute Gasteiger partial charge is 0.331 e. The summed E-state index contributed by atoms with van der Waals surface area (Å²) in [5.74, 6) is -1.02. The minimum Gasteiger partial charge on any atom is -0.331 e. The smallest absolute Gasteiger partial charge is 0.254 e. The SMILES string of the molecule is CC(C)N1CCC(N(Cc2cc(-c3ccc4c(c3)nnn4C(c3ccccc3)(c3ccccc3)c3ccccc3)ccc2F)C(=O)c2ccc(F)cc2)CC1. The molecule has 55 heavy (non-hydrogen) atoms. The second-order valence-electron chi connectivity index (χ2n) is 14.6. The van der Waals surface area contributed by atoms with Gasteiger partial charge in [0.25, 0.3) is 5.91 Å². The molecule has 1 amide bonds. The van der Waals surface area contributed by atoms with Crippen molar-refractivity contribution < 1.29 is 13.6 Å². The number of hydrogen-bond acceptors (Lipinski definition) is 4. The number of carbonyl (C=O) groups is 1. The second-order valence-corrected chi connectivity index (χ2v) is 14.6. The van der Waals surface area contributed by atoms with Crippen molar-refractivity contribution in [3.8, 4) is 11.1 Å². The number of aromatic nitrogens is 3. The Morgan fingerprint density at radius 1 is 0.727 bits per heavy atom. The number of carbonyl (C=O) groups excluding carboxylic acids is 1. The number of hydrogen-bond donors (Lipinski definition) is 0. The molecular weight excluding hydrogens is 689 g/mol. The molecule has 8 heteroatoms. The van der Waals surface area contributed by atoms with Crippen molar-refractivity contribution in [1.29, 1.82) is 0 Å². The monoisotopic (exact) mass is 731 g/mol. The summed E-state index contributed by atoms with van der Waals surface area (Å²) in [5, 5.41) is 9.59. The first-order valence-corrected chi connectivity index (χ1v) is 18.9. The molecule has 0 atom stereocenters. The summed E-state index contributed by atoms with van der Waals surface area (Å²) in [4.78, 5) is 18.2. The third kappa shape index (κ3) is 6.94. The Morgan fingerprint density at radius 3 is 1.84 bits per heavy atom. The highest BCUT2D eigenvalue weighted by Crippen LogP contribution is 2.42. The molecule has 0 N–H and O–H groups in total. The zero-order valence-electron chi connectivity index (χ0n) is 31.0. The van der Waals surface area contributed by atoms with Gasteiger partial charge in [-0.15, -0.1) is 5.10 Å².